The first-order chi connectivity index (χ1) is 8.81. The standard InChI is InChI=1S/C10H13N5O3/c1-2-16-9-12-8(15-11)13-10(14-9)18-6-7-4-3-5-17-7/h3-5H,2,6,11H2,1H3,(H,12,13,14,15). The number of nitrogens with zero attached hydrogens (tertiary/aromatic N) is 3. The molecule has 0 atom stereocenters. The van der Waals surface area contributed by atoms with E-state index in [-0.39, 0.29) is 24.6 Å². The van der Waals surface area contributed by atoms with E-state index in [2.05, 4.69) is 20.4 Å². The van der Waals surface area contributed by atoms with E-state index in [1.54, 1.807) is 18.4 Å². The van der Waals surface area contributed by atoms with Gasteiger partial charge in [-0.05, 0) is 19.1 Å². The van der Waals surface area contributed by atoms with Gasteiger partial charge in [-0.25, -0.2) is 5.84 Å². The van der Waals surface area contributed by atoms with Crippen LogP contribution in [0.3, 0.4) is 0 Å². The first-order valence-electron chi connectivity index (χ1n) is 5.32. The molecule has 0 radical (unpaired) electrons. The van der Waals surface area contributed by atoms with Gasteiger partial charge in [-0.3, -0.25) is 5.43 Å². The molecule has 0 saturated heterocycles. The number of nitrogens with one attached hydrogen (secondary N) is 1. The molecule has 0 saturated carbocycles. The molecule has 0 bridgehead atoms. The fourth-order valence-corrected chi connectivity index (χ4v) is 1.19. The number of rotatable bonds is 6. The number of nitrogen functional groups attached to an aromatic ring is 1. The molecule has 2 heterocycles. The van der Waals surface area contributed by atoms with Crippen LogP contribution in [0.1, 0.15) is 12.7 Å². The second-order valence-corrected chi connectivity index (χ2v) is 3.17. The maximum atomic E-state index is 5.35. The van der Waals surface area contributed by atoms with Crippen molar-refractivity contribution in [2.45, 2.75) is 13.5 Å². The number of ether oxygens (including phenoxy) is 2. The summed E-state index contributed by atoms with van der Waals surface area (Å²) in [5.41, 5.74) is 2.31. The third-order valence-electron chi connectivity index (χ3n) is 1.92. The molecular formula is C10H13N5O3. The normalized spacial score (nSPS) is 10.1. The molecule has 0 unspecified atom stereocenters. The van der Waals surface area contributed by atoms with Gasteiger partial charge >= 0.3 is 12.0 Å². The van der Waals surface area contributed by atoms with Gasteiger partial charge in [-0.2, -0.15) is 9.97 Å². The number of aromatic nitrogens is 3. The number of anilines is 1. The summed E-state index contributed by atoms with van der Waals surface area (Å²) < 4.78 is 15.6. The van der Waals surface area contributed by atoms with Gasteiger partial charge in [0.2, 0.25) is 5.95 Å². The first kappa shape index (κ1) is 12.1. The molecule has 2 rings (SSSR count). The van der Waals surface area contributed by atoms with Crippen LogP contribution in [-0.2, 0) is 6.61 Å². The third-order valence-corrected chi connectivity index (χ3v) is 1.92. The molecule has 0 aliphatic heterocycles. The second-order valence-electron chi connectivity index (χ2n) is 3.17. The van der Waals surface area contributed by atoms with Crippen molar-refractivity contribution in [2.24, 2.45) is 5.84 Å². The lowest BCUT2D eigenvalue weighted by atomic mass is 10.5. The van der Waals surface area contributed by atoms with Gasteiger partial charge in [-0.15, -0.1) is 4.98 Å². The number of furan rings is 1. The van der Waals surface area contributed by atoms with Crippen molar-refractivity contribution in [3.8, 4) is 12.0 Å². The van der Waals surface area contributed by atoms with Crippen LogP contribution in [0.5, 0.6) is 12.0 Å². The number of hydrogen-bond acceptors (Lipinski definition) is 8. The fraction of sp³-hybridized carbons (Fsp3) is 0.300. The van der Waals surface area contributed by atoms with Crippen molar-refractivity contribution in [1.29, 1.82) is 0 Å². The van der Waals surface area contributed by atoms with Crippen LogP contribution in [0, 0.1) is 0 Å². The lowest BCUT2D eigenvalue weighted by Crippen LogP contribution is -2.13. The number of nitrogens with two attached hydrogens (primary N) is 1. The van der Waals surface area contributed by atoms with E-state index in [1.165, 1.54) is 0 Å². The number of hydrogen-bond donors (Lipinski definition) is 2. The minimum Gasteiger partial charge on any atom is -0.466 e. The summed E-state index contributed by atoms with van der Waals surface area (Å²) in [5, 5.41) is 0. The molecule has 3 N–H and O–H groups in total. The SMILES string of the molecule is CCOc1nc(NN)nc(OCc2ccco2)n1. The van der Waals surface area contributed by atoms with Crippen molar-refractivity contribution in [2.75, 3.05) is 12.0 Å². The van der Waals surface area contributed by atoms with Crippen LogP contribution >= 0.6 is 0 Å². The Kier molecular flexibility index (Phi) is 3.92. The summed E-state index contributed by atoms with van der Waals surface area (Å²) in [6, 6.07) is 3.81. The molecule has 0 amide bonds. The van der Waals surface area contributed by atoms with Crippen LogP contribution in [0.25, 0.3) is 0 Å². The average molecular weight is 251 g/mol. The lowest BCUT2D eigenvalue weighted by molar-refractivity contribution is 0.239. The molecule has 0 fully saturated rings. The molecule has 18 heavy (non-hydrogen) atoms. The molecule has 8 nitrogen and oxygen atoms in total. The highest BCUT2D eigenvalue weighted by Gasteiger charge is 2.08. The van der Waals surface area contributed by atoms with E-state index in [9.17, 15) is 0 Å². The minimum atomic E-state index is 0.109. The maximum absolute atomic E-state index is 5.35. The van der Waals surface area contributed by atoms with Crippen LogP contribution in [-0.4, -0.2) is 21.6 Å². The summed E-state index contributed by atoms with van der Waals surface area (Å²) >= 11 is 0. The zero-order valence-electron chi connectivity index (χ0n) is 9.79. The molecule has 0 aromatic carbocycles. The minimum absolute atomic E-state index is 0.109. The van der Waals surface area contributed by atoms with Gasteiger partial charge in [0.05, 0.1) is 12.9 Å². The summed E-state index contributed by atoms with van der Waals surface area (Å²) in [6.45, 7) is 2.47. The van der Waals surface area contributed by atoms with Crippen molar-refractivity contribution in [3.05, 3.63) is 24.2 Å². The van der Waals surface area contributed by atoms with Crippen LogP contribution < -0.4 is 20.7 Å². The van der Waals surface area contributed by atoms with Gasteiger partial charge in [0.1, 0.15) is 12.4 Å². The highest BCUT2D eigenvalue weighted by atomic mass is 16.5. The van der Waals surface area contributed by atoms with Crippen LogP contribution in [0.2, 0.25) is 0 Å². The van der Waals surface area contributed by atoms with E-state index >= 15 is 0 Å². The quantitative estimate of drug-likeness (QED) is 0.571. The Balaban J connectivity index is 2.08. The Hall–Kier alpha value is -2.35. The van der Waals surface area contributed by atoms with Crippen LogP contribution in [0.15, 0.2) is 22.8 Å². The highest BCUT2D eigenvalue weighted by molar-refractivity contribution is 5.25. The molecular weight excluding hydrogens is 238 g/mol. The molecule has 96 valence electrons. The third kappa shape index (κ3) is 3.08. The molecule has 8 heteroatoms. The summed E-state index contributed by atoms with van der Waals surface area (Å²) in [6.07, 6.45) is 1.56. The van der Waals surface area contributed by atoms with E-state index < -0.39 is 0 Å². The van der Waals surface area contributed by atoms with Crippen molar-refractivity contribution >= 4 is 5.95 Å². The van der Waals surface area contributed by atoms with Crippen molar-refractivity contribution < 1.29 is 13.9 Å². The largest absolute Gasteiger partial charge is 0.466 e. The first-order valence-corrected chi connectivity index (χ1v) is 5.32. The topological polar surface area (TPSA) is 108 Å². The Morgan fingerprint density at radius 2 is 2.06 bits per heavy atom. The van der Waals surface area contributed by atoms with Crippen molar-refractivity contribution in [1.82, 2.24) is 15.0 Å². The Morgan fingerprint density at radius 3 is 2.67 bits per heavy atom. The Bertz CT molecular complexity index is 488. The fourth-order valence-electron chi connectivity index (χ4n) is 1.19. The van der Waals surface area contributed by atoms with Gasteiger partial charge < -0.3 is 13.9 Å². The predicted octanol–water partition coefficient (Wildman–Crippen LogP) is 0.728. The summed E-state index contributed by atoms with van der Waals surface area (Å²) in [7, 11) is 0. The smallest absolute Gasteiger partial charge is 0.324 e. The second kappa shape index (κ2) is 5.82. The summed E-state index contributed by atoms with van der Waals surface area (Å²) in [5.74, 6) is 6.07. The molecule has 0 aliphatic rings. The maximum Gasteiger partial charge on any atom is 0.324 e. The highest BCUT2D eigenvalue weighted by Crippen LogP contribution is 2.13. The van der Waals surface area contributed by atoms with Gasteiger partial charge in [-0.1, -0.05) is 0 Å². The summed E-state index contributed by atoms with van der Waals surface area (Å²) in [4.78, 5) is 11.8. The molecule has 2 aromatic rings. The van der Waals surface area contributed by atoms with Crippen LogP contribution in [0.4, 0.5) is 5.95 Å². The predicted molar refractivity (Wildman–Crippen MR) is 61.8 cm³/mol. The van der Waals surface area contributed by atoms with Gasteiger partial charge in [0, 0.05) is 0 Å². The van der Waals surface area contributed by atoms with E-state index in [0.717, 1.165) is 0 Å². The molecule has 2 aromatic heterocycles. The average Bonchev–Trinajstić information content (AvgIpc) is 2.89. The lowest BCUT2D eigenvalue weighted by Gasteiger charge is -2.06. The monoisotopic (exact) mass is 251 g/mol. The zero-order chi connectivity index (χ0) is 12.8. The zero-order valence-corrected chi connectivity index (χ0v) is 9.79. The van der Waals surface area contributed by atoms with Gasteiger partial charge in [0.15, 0.2) is 0 Å². The Labute approximate surface area is 103 Å². The molecule has 0 aliphatic carbocycles. The van der Waals surface area contributed by atoms with E-state index in [0.29, 0.717) is 12.4 Å². The van der Waals surface area contributed by atoms with Crippen molar-refractivity contribution in [3.63, 3.8) is 0 Å². The number of hydrazine groups is 1. The van der Waals surface area contributed by atoms with E-state index in [1.807, 2.05) is 6.92 Å². The van der Waals surface area contributed by atoms with E-state index in [4.69, 9.17) is 19.7 Å². The van der Waals surface area contributed by atoms with Gasteiger partial charge in [0.25, 0.3) is 0 Å². The Morgan fingerprint density at radius 1 is 1.28 bits per heavy atom. The molecule has 0 spiro atoms.